The van der Waals surface area contributed by atoms with E-state index in [0.717, 1.165) is 11.3 Å². The molecule has 0 bridgehead atoms. The quantitative estimate of drug-likeness (QED) is 0.831. The van der Waals surface area contributed by atoms with Crippen LogP contribution in [0.4, 0.5) is 5.82 Å². The van der Waals surface area contributed by atoms with E-state index >= 15 is 0 Å². The molecule has 0 radical (unpaired) electrons. The first kappa shape index (κ1) is 12.4. The van der Waals surface area contributed by atoms with Gasteiger partial charge >= 0.3 is 0 Å². The molecule has 2 heterocycles. The number of halogens is 1. The van der Waals surface area contributed by atoms with Gasteiger partial charge in [-0.05, 0) is 13.0 Å². The van der Waals surface area contributed by atoms with Crippen molar-refractivity contribution in [2.24, 2.45) is 7.05 Å². The summed E-state index contributed by atoms with van der Waals surface area (Å²) < 4.78 is 1.56. The average Bonchev–Trinajstić information content (AvgIpc) is 2.88. The van der Waals surface area contributed by atoms with Gasteiger partial charge in [-0.1, -0.05) is 11.6 Å². The van der Waals surface area contributed by atoms with Gasteiger partial charge < -0.3 is 5.32 Å². The van der Waals surface area contributed by atoms with E-state index in [-0.39, 0.29) is 5.91 Å². The Morgan fingerprint density at radius 3 is 2.94 bits per heavy atom. The molecule has 2 rings (SSSR count). The fourth-order valence-corrected chi connectivity index (χ4v) is 1.73. The lowest BCUT2D eigenvalue weighted by atomic mass is 10.2. The summed E-state index contributed by atoms with van der Waals surface area (Å²) in [5.74, 6) is 0.275. The maximum atomic E-state index is 11.6. The summed E-state index contributed by atoms with van der Waals surface area (Å²) in [5.41, 5.74) is 1.51. The van der Waals surface area contributed by atoms with E-state index in [0.29, 0.717) is 11.0 Å². The summed E-state index contributed by atoms with van der Waals surface area (Å²) in [7, 11) is 1.75. The molecule has 0 aliphatic rings. The van der Waals surface area contributed by atoms with E-state index < -0.39 is 0 Å². The lowest BCUT2D eigenvalue weighted by molar-refractivity contribution is -0.111. The monoisotopic (exact) mass is 265 g/mol. The average molecular weight is 266 g/mol. The maximum Gasteiger partial charge on any atom is 0.249 e. The topological polar surface area (TPSA) is 75.6 Å². The molecular formula is C11H12ClN5O. The van der Waals surface area contributed by atoms with Gasteiger partial charge in [0.15, 0.2) is 0 Å². The van der Waals surface area contributed by atoms with Crippen LogP contribution in [0.2, 0.25) is 5.15 Å². The fourth-order valence-electron chi connectivity index (χ4n) is 1.49. The van der Waals surface area contributed by atoms with Crippen LogP contribution >= 0.6 is 11.6 Å². The van der Waals surface area contributed by atoms with E-state index in [2.05, 4.69) is 20.6 Å². The van der Waals surface area contributed by atoms with Crippen LogP contribution in [0.25, 0.3) is 6.08 Å². The molecule has 7 heteroatoms. The Balaban J connectivity index is 2.09. The second-order valence-corrected chi connectivity index (χ2v) is 4.06. The van der Waals surface area contributed by atoms with Gasteiger partial charge in [0.2, 0.25) is 5.91 Å². The number of nitrogens with one attached hydrogen (secondary N) is 2. The number of amides is 1. The van der Waals surface area contributed by atoms with Gasteiger partial charge in [0, 0.05) is 24.8 Å². The summed E-state index contributed by atoms with van der Waals surface area (Å²) in [5, 5.41) is 13.6. The van der Waals surface area contributed by atoms with Crippen LogP contribution in [0.5, 0.6) is 0 Å². The van der Waals surface area contributed by atoms with Crippen molar-refractivity contribution < 1.29 is 4.79 Å². The summed E-state index contributed by atoms with van der Waals surface area (Å²) in [6.45, 7) is 1.83. The Hall–Kier alpha value is -2.08. The zero-order chi connectivity index (χ0) is 13.1. The number of carbonyl (C=O) groups is 1. The van der Waals surface area contributed by atoms with Gasteiger partial charge in [-0.25, -0.2) is 0 Å². The zero-order valence-electron chi connectivity index (χ0n) is 9.94. The Morgan fingerprint density at radius 2 is 2.39 bits per heavy atom. The first-order valence-electron chi connectivity index (χ1n) is 5.25. The van der Waals surface area contributed by atoms with Crippen LogP contribution in [0.3, 0.4) is 0 Å². The number of hydrogen-bond donors (Lipinski definition) is 2. The number of hydrogen-bond acceptors (Lipinski definition) is 3. The van der Waals surface area contributed by atoms with Crippen LogP contribution in [-0.2, 0) is 11.8 Å². The second-order valence-electron chi connectivity index (χ2n) is 3.71. The highest BCUT2D eigenvalue weighted by atomic mass is 35.5. The molecule has 0 atom stereocenters. The number of aryl methyl sites for hydroxylation is 2. The number of rotatable bonds is 3. The molecule has 0 aliphatic carbocycles. The van der Waals surface area contributed by atoms with Crippen molar-refractivity contribution in [2.45, 2.75) is 6.92 Å². The van der Waals surface area contributed by atoms with E-state index in [9.17, 15) is 4.79 Å². The van der Waals surface area contributed by atoms with E-state index in [1.807, 2.05) is 6.92 Å². The molecule has 0 saturated carbocycles. The molecule has 94 valence electrons. The van der Waals surface area contributed by atoms with Gasteiger partial charge in [-0.15, -0.1) is 0 Å². The van der Waals surface area contributed by atoms with Crippen molar-refractivity contribution >= 4 is 29.4 Å². The molecule has 6 nitrogen and oxygen atoms in total. The molecule has 0 aromatic carbocycles. The molecule has 18 heavy (non-hydrogen) atoms. The summed E-state index contributed by atoms with van der Waals surface area (Å²) >= 11 is 6.04. The minimum atomic E-state index is -0.265. The standard InChI is InChI=1S/C11H12ClN5O/c1-7-8(11(12)17(2)16-7)3-4-10(18)14-9-5-6-13-15-9/h3-6H,1-2H3,(H2,13,14,15,18). The number of nitrogens with zero attached hydrogens (tertiary/aromatic N) is 3. The highest BCUT2D eigenvalue weighted by Crippen LogP contribution is 2.19. The van der Waals surface area contributed by atoms with Crippen molar-refractivity contribution in [2.75, 3.05) is 5.32 Å². The van der Waals surface area contributed by atoms with E-state index in [4.69, 9.17) is 11.6 Å². The SMILES string of the molecule is Cc1nn(C)c(Cl)c1C=CC(=O)Nc1ccn[nH]1. The van der Waals surface area contributed by atoms with Crippen molar-refractivity contribution in [3.05, 3.63) is 34.7 Å². The lowest BCUT2D eigenvalue weighted by Crippen LogP contribution is -2.07. The highest BCUT2D eigenvalue weighted by Gasteiger charge is 2.08. The van der Waals surface area contributed by atoms with E-state index in [1.54, 1.807) is 30.1 Å². The smallest absolute Gasteiger partial charge is 0.249 e. The first-order valence-corrected chi connectivity index (χ1v) is 5.63. The van der Waals surface area contributed by atoms with Gasteiger partial charge in [-0.2, -0.15) is 10.2 Å². The predicted octanol–water partition coefficient (Wildman–Crippen LogP) is 1.76. The molecule has 2 aromatic rings. The van der Waals surface area contributed by atoms with Crippen LogP contribution < -0.4 is 5.32 Å². The first-order chi connectivity index (χ1) is 8.58. The minimum absolute atomic E-state index is 0.265. The Morgan fingerprint density at radius 1 is 1.61 bits per heavy atom. The largest absolute Gasteiger partial charge is 0.307 e. The summed E-state index contributed by atoms with van der Waals surface area (Å²) in [6, 6.07) is 1.66. The minimum Gasteiger partial charge on any atom is -0.307 e. The summed E-state index contributed by atoms with van der Waals surface area (Å²) in [6.07, 6.45) is 4.59. The Bertz CT molecular complexity index is 585. The lowest BCUT2D eigenvalue weighted by Gasteiger charge is -1.96. The zero-order valence-corrected chi connectivity index (χ0v) is 10.7. The molecule has 2 aromatic heterocycles. The van der Waals surface area contributed by atoms with Gasteiger partial charge in [0.25, 0.3) is 0 Å². The molecule has 0 aliphatic heterocycles. The number of H-pyrrole nitrogens is 1. The molecule has 0 spiro atoms. The van der Waals surface area contributed by atoms with Crippen LogP contribution in [0.1, 0.15) is 11.3 Å². The van der Waals surface area contributed by atoms with Gasteiger partial charge in [0.05, 0.1) is 11.9 Å². The van der Waals surface area contributed by atoms with Crippen LogP contribution in [-0.4, -0.2) is 25.9 Å². The molecule has 2 N–H and O–H groups in total. The van der Waals surface area contributed by atoms with Crippen molar-refractivity contribution in [1.29, 1.82) is 0 Å². The number of carbonyl (C=O) groups excluding carboxylic acids is 1. The third-order valence-corrected chi connectivity index (χ3v) is 2.80. The fraction of sp³-hybridized carbons (Fsp3) is 0.182. The number of aromatic amines is 1. The van der Waals surface area contributed by atoms with Gasteiger partial charge in [-0.3, -0.25) is 14.6 Å². The Kier molecular flexibility index (Phi) is 3.47. The molecule has 0 fully saturated rings. The van der Waals surface area contributed by atoms with Gasteiger partial charge in [0.1, 0.15) is 11.0 Å². The number of aromatic nitrogens is 4. The normalized spacial score (nSPS) is 11.1. The third-order valence-electron chi connectivity index (χ3n) is 2.36. The second kappa shape index (κ2) is 5.05. The number of anilines is 1. The molecule has 0 saturated heterocycles. The van der Waals surface area contributed by atoms with Crippen LogP contribution in [0.15, 0.2) is 18.3 Å². The van der Waals surface area contributed by atoms with E-state index in [1.165, 1.54) is 6.08 Å². The predicted molar refractivity (Wildman–Crippen MR) is 69.2 cm³/mol. The molecule has 1 amide bonds. The van der Waals surface area contributed by atoms with Crippen molar-refractivity contribution in [3.8, 4) is 0 Å². The third kappa shape index (κ3) is 2.60. The van der Waals surface area contributed by atoms with Crippen LogP contribution in [0, 0.1) is 6.92 Å². The highest BCUT2D eigenvalue weighted by molar-refractivity contribution is 6.31. The summed E-state index contributed by atoms with van der Waals surface area (Å²) in [4.78, 5) is 11.6. The molecular weight excluding hydrogens is 254 g/mol. The van der Waals surface area contributed by atoms with Crippen molar-refractivity contribution in [3.63, 3.8) is 0 Å². The maximum absolute atomic E-state index is 11.6. The molecule has 0 unspecified atom stereocenters. The van der Waals surface area contributed by atoms with Crippen molar-refractivity contribution in [1.82, 2.24) is 20.0 Å². The Labute approximate surface area is 109 Å².